The van der Waals surface area contributed by atoms with Crippen LogP contribution in [0.1, 0.15) is 11.7 Å². The molecule has 0 aromatic heterocycles. The molecule has 26 heavy (non-hydrogen) atoms. The van der Waals surface area contributed by atoms with Gasteiger partial charge in [-0.3, -0.25) is 14.5 Å². The Morgan fingerprint density at radius 3 is 2.77 bits per heavy atom. The van der Waals surface area contributed by atoms with Crippen molar-refractivity contribution in [1.29, 1.82) is 0 Å². The van der Waals surface area contributed by atoms with Gasteiger partial charge in [-0.2, -0.15) is 0 Å². The van der Waals surface area contributed by atoms with Gasteiger partial charge in [0, 0.05) is 31.0 Å². The second-order valence-electron chi connectivity index (χ2n) is 5.90. The number of carbonyl (C=O) groups excluding carboxylic acids is 2. The lowest BCUT2D eigenvalue weighted by Crippen LogP contribution is -2.46. The fourth-order valence-corrected chi connectivity index (χ4v) is 2.78. The number of nitrogens with zero attached hydrogens (tertiary/aromatic N) is 1. The molecule has 1 aliphatic rings. The van der Waals surface area contributed by atoms with E-state index in [9.17, 15) is 9.59 Å². The van der Waals surface area contributed by atoms with Gasteiger partial charge in [0.15, 0.2) is 0 Å². The van der Waals surface area contributed by atoms with E-state index in [1.54, 1.807) is 25.3 Å². The molecule has 0 radical (unpaired) electrons. The SMILES string of the molecule is COCCNC(=O)CN1C(=O)C(c2ccccc2)Oc2cc(N)ccc21. The molecule has 0 saturated carbocycles. The number of anilines is 2. The van der Waals surface area contributed by atoms with Gasteiger partial charge in [-0.15, -0.1) is 0 Å². The Bertz CT molecular complexity index is 795. The topological polar surface area (TPSA) is 93.9 Å². The van der Waals surface area contributed by atoms with E-state index >= 15 is 0 Å². The molecule has 0 spiro atoms. The first-order chi connectivity index (χ1) is 12.6. The largest absolute Gasteiger partial charge is 0.474 e. The van der Waals surface area contributed by atoms with E-state index in [-0.39, 0.29) is 18.4 Å². The van der Waals surface area contributed by atoms with Crippen molar-refractivity contribution in [2.45, 2.75) is 6.10 Å². The average molecular weight is 355 g/mol. The maximum atomic E-state index is 13.0. The minimum atomic E-state index is -0.822. The van der Waals surface area contributed by atoms with Crippen molar-refractivity contribution in [3.8, 4) is 5.75 Å². The maximum Gasteiger partial charge on any atom is 0.273 e. The minimum Gasteiger partial charge on any atom is -0.474 e. The summed E-state index contributed by atoms with van der Waals surface area (Å²) in [5.74, 6) is -0.0922. The fraction of sp³-hybridized carbons (Fsp3) is 0.263. The van der Waals surface area contributed by atoms with Gasteiger partial charge in [-0.05, 0) is 12.1 Å². The Morgan fingerprint density at radius 2 is 2.04 bits per heavy atom. The van der Waals surface area contributed by atoms with E-state index in [2.05, 4.69) is 5.32 Å². The lowest BCUT2D eigenvalue weighted by atomic mass is 10.1. The smallest absolute Gasteiger partial charge is 0.273 e. The second-order valence-corrected chi connectivity index (χ2v) is 5.90. The van der Waals surface area contributed by atoms with Gasteiger partial charge in [-0.1, -0.05) is 30.3 Å². The third-order valence-corrected chi connectivity index (χ3v) is 4.04. The van der Waals surface area contributed by atoms with Crippen molar-refractivity contribution in [3.05, 3.63) is 54.1 Å². The number of rotatable bonds is 6. The standard InChI is InChI=1S/C19H21N3O4/c1-25-10-9-21-17(23)12-22-15-8-7-14(20)11-16(15)26-18(19(22)24)13-5-3-2-4-6-13/h2-8,11,18H,9-10,12,20H2,1H3,(H,21,23). The molecule has 1 atom stereocenters. The van der Waals surface area contributed by atoms with Gasteiger partial charge >= 0.3 is 0 Å². The van der Waals surface area contributed by atoms with Crippen molar-refractivity contribution in [2.75, 3.05) is 37.4 Å². The van der Waals surface area contributed by atoms with Crippen LogP contribution in [0.4, 0.5) is 11.4 Å². The van der Waals surface area contributed by atoms with E-state index in [4.69, 9.17) is 15.2 Å². The van der Waals surface area contributed by atoms with Crippen LogP contribution >= 0.6 is 0 Å². The van der Waals surface area contributed by atoms with E-state index in [0.29, 0.717) is 30.3 Å². The zero-order valence-electron chi connectivity index (χ0n) is 14.5. The summed E-state index contributed by atoms with van der Waals surface area (Å²) in [6, 6.07) is 14.2. The van der Waals surface area contributed by atoms with Gasteiger partial charge in [0.2, 0.25) is 12.0 Å². The number of hydrogen-bond donors (Lipinski definition) is 2. The predicted octanol–water partition coefficient (Wildman–Crippen LogP) is 1.50. The van der Waals surface area contributed by atoms with Crippen molar-refractivity contribution in [1.82, 2.24) is 5.32 Å². The van der Waals surface area contributed by atoms with E-state index in [1.165, 1.54) is 4.90 Å². The quantitative estimate of drug-likeness (QED) is 0.605. The molecule has 3 rings (SSSR count). The van der Waals surface area contributed by atoms with E-state index in [1.807, 2.05) is 30.3 Å². The van der Waals surface area contributed by atoms with Gasteiger partial charge in [-0.25, -0.2) is 0 Å². The van der Waals surface area contributed by atoms with Crippen LogP contribution in [-0.4, -0.2) is 38.6 Å². The predicted molar refractivity (Wildman–Crippen MR) is 97.9 cm³/mol. The number of amides is 2. The molecule has 7 heteroatoms. The van der Waals surface area contributed by atoms with E-state index in [0.717, 1.165) is 5.56 Å². The Hall–Kier alpha value is -3.06. The number of hydrogen-bond acceptors (Lipinski definition) is 5. The molecule has 0 bridgehead atoms. The zero-order valence-corrected chi connectivity index (χ0v) is 14.5. The second kappa shape index (κ2) is 7.88. The summed E-state index contributed by atoms with van der Waals surface area (Å²) < 4.78 is 10.8. The highest BCUT2D eigenvalue weighted by molar-refractivity contribution is 6.04. The van der Waals surface area contributed by atoms with Gasteiger partial charge in [0.25, 0.3) is 5.91 Å². The molecule has 0 aliphatic carbocycles. The molecule has 1 unspecified atom stereocenters. The minimum absolute atomic E-state index is 0.105. The molecule has 7 nitrogen and oxygen atoms in total. The first-order valence-electron chi connectivity index (χ1n) is 8.28. The van der Waals surface area contributed by atoms with Crippen LogP contribution in [0.25, 0.3) is 0 Å². The summed E-state index contributed by atoms with van der Waals surface area (Å²) in [5.41, 5.74) is 7.62. The molecule has 2 aromatic rings. The summed E-state index contributed by atoms with van der Waals surface area (Å²) in [5, 5.41) is 2.72. The van der Waals surface area contributed by atoms with Crippen LogP contribution < -0.4 is 20.7 Å². The average Bonchev–Trinajstić information content (AvgIpc) is 2.64. The van der Waals surface area contributed by atoms with Crippen molar-refractivity contribution in [2.24, 2.45) is 0 Å². The van der Waals surface area contributed by atoms with Crippen LogP contribution in [0.3, 0.4) is 0 Å². The van der Waals surface area contributed by atoms with Crippen LogP contribution in [0.2, 0.25) is 0 Å². The van der Waals surface area contributed by atoms with Gasteiger partial charge in [0.1, 0.15) is 12.3 Å². The monoisotopic (exact) mass is 355 g/mol. The fourth-order valence-electron chi connectivity index (χ4n) is 2.78. The number of nitrogens with two attached hydrogens (primary N) is 1. The van der Waals surface area contributed by atoms with Crippen molar-refractivity contribution in [3.63, 3.8) is 0 Å². The Morgan fingerprint density at radius 1 is 1.27 bits per heavy atom. The lowest BCUT2D eigenvalue weighted by Gasteiger charge is -2.34. The van der Waals surface area contributed by atoms with Crippen molar-refractivity contribution < 1.29 is 19.1 Å². The third-order valence-electron chi connectivity index (χ3n) is 4.04. The molecule has 2 amide bonds. The summed E-state index contributed by atoms with van der Waals surface area (Å²) in [7, 11) is 1.56. The summed E-state index contributed by atoms with van der Waals surface area (Å²) in [4.78, 5) is 26.7. The molecule has 0 saturated heterocycles. The van der Waals surface area contributed by atoms with Gasteiger partial charge in [0.05, 0.1) is 12.3 Å². The van der Waals surface area contributed by atoms with Crippen LogP contribution in [0, 0.1) is 0 Å². The molecule has 2 aromatic carbocycles. The normalized spacial score (nSPS) is 16.0. The summed E-state index contributed by atoms with van der Waals surface area (Å²) >= 11 is 0. The Labute approximate surface area is 151 Å². The highest BCUT2D eigenvalue weighted by Gasteiger charge is 2.36. The molecular formula is C19H21N3O4. The Kier molecular flexibility index (Phi) is 5.38. The number of benzene rings is 2. The molecule has 1 heterocycles. The van der Waals surface area contributed by atoms with Crippen LogP contribution in [0.15, 0.2) is 48.5 Å². The molecule has 136 valence electrons. The molecule has 1 aliphatic heterocycles. The third kappa shape index (κ3) is 3.78. The van der Waals surface area contributed by atoms with Crippen LogP contribution in [-0.2, 0) is 14.3 Å². The molecule has 3 N–H and O–H groups in total. The van der Waals surface area contributed by atoms with Crippen molar-refractivity contribution >= 4 is 23.2 Å². The Balaban J connectivity index is 1.88. The highest BCUT2D eigenvalue weighted by Crippen LogP contribution is 2.39. The number of carbonyl (C=O) groups is 2. The molecular weight excluding hydrogens is 334 g/mol. The first kappa shape index (κ1) is 17.8. The number of ether oxygens (including phenoxy) is 2. The number of nitrogens with one attached hydrogen (secondary N) is 1. The van der Waals surface area contributed by atoms with Crippen LogP contribution in [0.5, 0.6) is 5.75 Å². The number of nitrogen functional groups attached to an aromatic ring is 1. The van der Waals surface area contributed by atoms with Gasteiger partial charge < -0.3 is 20.5 Å². The summed E-state index contributed by atoms with van der Waals surface area (Å²) in [6.07, 6.45) is -0.822. The number of fused-ring (bicyclic) bond motifs is 1. The maximum absolute atomic E-state index is 13.0. The zero-order chi connectivity index (χ0) is 18.5. The number of methoxy groups -OCH3 is 1. The lowest BCUT2D eigenvalue weighted by molar-refractivity contribution is -0.129. The summed E-state index contributed by atoms with van der Waals surface area (Å²) in [6.45, 7) is 0.680. The highest BCUT2D eigenvalue weighted by atomic mass is 16.5. The van der Waals surface area contributed by atoms with E-state index < -0.39 is 6.10 Å². The first-order valence-corrected chi connectivity index (χ1v) is 8.28. The molecule has 0 fully saturated rings.